The molecular weight excluding hydrogens is 391 g/mol. The zero-order chi connectivity index (χ0) is 21.3. The molecule has 1 aromatic rings. The summed E-state index contributed by atoms with van der Waals surface area (Å²) in [6.45, 7) is 6.59. The second-order valence-electron chi connectivity index (χ2n) is 9.40. The normalized spacial score (nSPS) is 30.2. The highest BCUT2D eigenvalue weighted by Crippen LogP contribution is 2.40. The zero-order valence-electron chi connectivity index (χ0n) is 17.6. The number of hydrogen-bond donors (Lipinski definition) is 1. The molecule has 4 rings (SSSR count). The molecule has 7 heteroatoms. The monoisotopic (exact) mass is 423 g/mol. The first-order valence-corrected chi connectivity index (χ1v) is 11.2. The van der Waals surface area contributed by atoms with Crippen LogP contribution in [-0.2, 0) is 11.0 Å². The summed E-state index contributed by atoms with van der Waals surface area (Å²) in [4.78, 5) is 17.1. The molecule has 1 aromatic carbocycles. The van der Waals surface area contributed by atoms with Gasteiger partial charge in [0.15, 0.2) is 0 Å². The van der Waals surface area contributed by atoms with E-state index in [0.29, 0.717) is 12.0 Å². The van der Waals surface area contributed by atoms with E-state index in [1.54, 1.807) is 12.1 Å². The Bertz CT molecular complexity index is 720. The molecular formula is C23H32F3N3O. The van der Waals surface area contributed by atoms with Crippen LogP contribution in [0.5, 0.6) is 0 Å². The number of carbonyl (C=O) groups is 1. The van der Waals surface area contributed by atoms with Gasteiger partial charge in [-0.3, -0.25) is 9.69 Å². The minimum absolute atomic E-state index is 0.164. The third-order valence-corrected chi connectivity index (χ3v) is 7.05. The zero-order valence-corrected chi connectivity index (χ0v) is 17.6. The first kappa shape index (κ1) is 21.5. The van der Waals surface area contributed by atoms with Crippen LogP contribution in [0.3, 0.4) is 0 Å². The lowest BCUT2D eigenvalue weighted by atomic mass is 9.87. The van der Waals surface area contributed by atoms with Gasteiger partial charge in [-0.1, -0.05) is 6.92 Å². The molecule has 1 unspecified atom stereocenters. The molecule has 0 bridgehead atoms. The van der Waals surface area contributed by atoms with Gasteiger partial charge in [0.05, 0.1) is 5.56 Å². The number of alkyl halides is 3. The van der Waals surface area contributed by atoms with Crippen molar-refractivity contribution >= 4 is 11.6 Å². The molecule has 0 aromatic heterocycles. The average Bonchev–Trinajstić information content (AvgIpc) is 3.49. The molecule has 30 heavy (non-hydrogen) atoms. The topological polar surface area (TPSA) is 35.6 Å². The van der Waals surface area contributed by atoms with Gasteiger partial charge < -0.3 is 10.2 Å². The van der Waals surface area contributed by atoms with Crippen LogP contribution in [0.15, 0.2) is 24.3 Å². The van der Waals surface area contributed by atoms with Gasteiger partial charge in [-0.25, -0.2) is 0 Å². The summed E-state index contributed by atoms with van der Waals surface area (Å²) < 4.78 is 38.2. The Morgan fingerprint density at radius 2 is 1.67 bits per heavy atom. The summed E-state index contributed by atoms with van der Waals surface area (Å²) in [6, 6.07) is 5.80. The highest BCUT2D eigenvalue weighted by Gasteiger charge is 2.44. The maximum absolute atomic E-state index is 12.7. The number of carbonyl (C=O) groups excluding carboxylic acids is 1. The fourth-order valence-electron chi connectivity index (χ4n) is 4.86. The third kappa shape index (κ3) is 5.29. The van der Waals surface area contributed by atoms with Crippen LogP contribution in [-0.4, -0.2) is 49.6 Å². The molecule has 1 aliphatic heterocycles. The maximum Gasteiger partial charge on any atom is 0.416 e. The lowest BCUT2D eigenvalue weighted by molar-refractivity contribution is -0.137. The van der Waals surface area contributed by atoms with Crippen molar-refractivity contribution in [2.24, 2.45) is 17.8 Å². The van der Waals surface area contributed by atoms with Gasteiger partial charge in [0.2, 0.25) is 5.91 Å². The van der Waals surface area contributed by atoms with Gasteiger partial charge >= 0.3 is 6.18 Å². The van der Waals surface area contributed by atoms with E-state index in [9.17, 15) is 18.0 Å². The predicted molar refractivity (Wildman–Crippen MR) is 111 cm³/mol. The molecule has 1 saturated heterocycles. The molecule has 4 nitrogen and oxygen atoms in total. The molecule has 3 fully saturated rings. The van der Waals surface area contributed by atoms with Crippen LogP contribution in [0.1, 0.15) is 44.6 Å². The van der Waals surface area contributed by atoms with E-state index < -0.39 is 11.7 Å². The number of piperazine rings is 1. The fourth-order valence-corrected chi connectivity index (χ4v) is 4.86. The van der Waals surface area contributed by atoms with E-state index in [1.165, 1.54) is 12.8 Å². The Morgan fingerprint density at radius 3 is 2.27 bits per heavy atom. The first-order chi connectivity index (χ1) is 14.3. The number of anilines is 1. The van der Waals surface area contributed by atoms with E-state index in [1.807, 2.05) is 0 Å². The molecule has 0 radical (unpaired) electrons. The predicted octanol–water partition coefficient (Wildman–Crippen LogP) is 4.16. The standard InChI is InChI=1S/C23H32F3N3O/c1-16-2-6-19(7-3-16)27-22(30)21-14-17(21)15-28-10-12-29(13-11-28)20-8-4-18(5-9-20)23(24,25)26/h4-5,8-9,16-17,19,21H,2-3,6-7,10-15H2,1H3,(H,27,30)/t16?,17?,19?,21-/m0/s1. The van der Waals surface area contributed by atoms with E-state index >= 15 is 0 Å². The average molecular weight is 424 g/mol. The summed E-state index contributed by atoms with van der Waals surface area (Å²) in [7, 11) is 0. The van der Waals surface area contributed by atoms with Gasteiger partial charge in [-0.15, -0.1) is 0 Å². The van der Waals surface area contributed by atoms with Gasteiger partial charge in [-0.2, -0.15) is 13.2 Å². The Labute approximate surface area is 176 Å². The van der Waals surface area contributed by atoms with Gasteiger partial charge in [0, 0.05) is 50.4 Å². The Balaban J connectivity index is 1.18. The number of rotatable bonds is 5. The second-order valence-corrected chi connectivity index (χ2v) is 9.40. The van der Waals surface area contributed by atoms with E-state index in [2.05, 4.69) is 22.0 Å². The Hall–Kier alpha value is -1.76. The van der Waals surface area contributed by atoms with Crippen molar-refractivity contribution in [2.75, 3.05) is 37.6 Å². The number of benzene rings is 1. The Morgan fingerprint density at radius 1 is 1.03 bits per heavy atom. The smallest absolute Gasteiger partial charge is 0.369 e. The molecule has 166 valence electrons. The molecule has 2 atom stereocenters. The van der Waals surface area contributed by atoms with E-state index in [0.717, 1.165) is 75.7 Å². The largest absolute Gasteiger partial charge is 0.416 e. The van der Waals surface area contributed by atoms with Crippen LogP contribution >= 0.6 is 0 Å². The number of nitrogens with one attached hydrogen (secondary N) is 1. The van der Waals surface area contributed by atoms with Gasteiger partial charge in [0.25, 0.3) is 0 Å². The molecule has 2 aliphatic carbocycles. The van der Waals surface area contributed by atoms with Crippen molar-refractivity contribution in [2.45, 2.75) is 51.2 Å². The number of halogens is 3. The Kier molecular flexibility index (Phi) is 6.28. The highest BCUT2D eigenvalue weighted by atomic mass is 19.4. The molecule has 3 aliphatic rings. The highest BCUT2D eigenvalue weighted by molar-refractivity contribution is 5.81. The molecule has 2 saturated carbocycles. The minimum atomic E-state index is -4.29. The quantitative estimate of drug-likeness (QED) is 0.773. The number of nitrogens with zero attached hydrogens (tertiary/aromatic N) is 2. The molecule has 0 spiro atoms. The van der Waals surface area contributed by atoms with E-state index in [-0.39, 0.29) is 11.8 Å². The maximum atomic E-state index is 12.7. The van der Waals surface area contributed by atoms with Gasteiger partial charge in [-0.05, 0) is 68.2 Å². The lowest BCUT2D eigenvalue weighted by Gasteiger charge is -2.36. The van der Waals surface area contributed by atoms with Crippen LogP contribution in [0.2, 0.25) is 0 Å². The van der Waals surface area contributed by atoms with Crippen molar-refractivity contribution in [3.8, 4) is 0 Å². The fraction of sp³-hybridized carbons (Fsp3) is 0.696. The summed E-state index contributed by atoms with van der Waals surface area (Å²) >= 11 is 0. The van der Waals surface area contributed by atoms with Crippen LogP contribution in [0.4, 0.5) is 18.9 Å². The van der Waals surface area contributed by atoms with Crippen LogP contribution in [0.25, 0.3) is 0 Å². The molecule has 1 amide bonds. The summed E-state index contributed by atoms with van der Waals surface area (Å²) in [5.41, 5.74) is 0.235. The van der Waals surface area contributed by atoms with Crippen LogP contribution < -0.4 is 10.2 Å². The van der Waals surface area contributed by atoms with Gasteiger partial charge in [0.1, 0.15) is 0 Å². The van der Waals surface area contributed by atoms with Crippen LogP contribution in [0, 0.1) is 17.8 Å². The third-order valence-electron chi connectivity index (χ3n) is 7.05. The second kappa shape index (κ2) is 8.77. The number of hydrogen-bond acceptors (Lipinski definition) is 3. The minimum Gasteiger partial charge on any atom is -0.369 e. The molecule has 1 N–H and O–H groups in total. The van der Waals surface area contributed by atoms with Crippen molar-refractivity contribution in [3.05, 3.63) is 29.8 Å². The van der Waals surface area contributed by atoms with Crippen molar-refractivity contribution in [1.82, 2.24) is 10.2 Å². The van der Waals surface area contributed by atoms with Crippen molar-refractivity contribution in [1.29, 1.82) is 0 Å². The van der Waals surface area contributed by atoms with Crippen molar-refractivity contribution < 1.29 is 18.0 Å². The van der Waals surface area contributed by atoms with Crippen molar-refractivity contribution in [3.63, 3.8) is 0 Å². The lowest BCUT2D eigenvalue weighted by Crippen LogP contribution is -2.47. The van der Waals surface area contributed by atoms with E-state index in [4.69, 9.17) is 0 Å². The summed E-state index contributed by atoms with van der Waals surface area (Å²) in [5, 5.41) is 3.27. The first-order valence-electron chi connectivity index (χ1n) is 11.2. The molecule has 1 heterocycles. The number of amides is 1. The SMILES string of the molecule is CC1CCC(NC(=O)[C@H]2CC2CN2CCN(c3ccc(C(F)(F)F)cc3)CC2)CC1. The summed E-state index contributed by atoms with van der Waals surface area (Å²) in [5.74, 6) is 1.64. The summed E-state index contributed by atoms with van der Waals surface area (Å²) in [6.07, 6.45) is 1.32.